The van der Waals surface area contributed by atoms with Gasteiger partial charge in [0, 0.05) is 37.8 Å². The smallest absolute Gasteiger partial charge is 0.262 e. The number of carbonyl (C=O) groups excluding carboxylic acids is 1. The summed E-state index contributed by atoms with van der Waals surface area (Å²) in [6.07, 6.45) is 4.18. The van der Waals surface area contributed by atoms with Crippen molar-refractivity contribution in [3.05, 3.63) is 42.3 Å². The standard InChI is InChI=1S/C21H22N6O3/c1-20(7-8-20)25-19-22-10-6-15(24-19)13-4-3-5-14(23-13)16-12-17(30-26-16)21(29)9-11-27(2)18(21)28/h3-6,10,12,29H,7-9,11H2,1-2H3,(H,22,24,25)/t21-/m1/s1. The van der Waals surface area contributed by atoms with Gasteiger partial charge in [-0.2, -0.15) is 0 Å². The third-order valence-corrected chi connectivity index (χ3v) is 5.77. The van der Waals surface area contributed by atoms with Crippen LogP contribution in [0.1, 0.15) is 31.9 Å². The van der Waals surface area contributed by atoms with Gasteiger partial charge in [0.05, 0.1) is 17.1 Å². The molecule has 9 heteroatoms. The van der Waals surface area contributed by atoms with Crippen LogP contribution < -0.4 is 5.32 Å². The highest BCUT2D eigenvalue weighted by Crippen LogP contribution is 2.37. The summed E-state index contributed by atoms with van der Waals surface area (Å²) in [7, 11) is 1.65. The Balaban J connectivity index is 1.43. The van der Waals surface area contributed by atoms with Gasteiger partial charge >= 0.3 is 0 Å². The lowest BCUT2D eigenvalue weighted by atomic mass is 9.98. The predicted octanol–water partition coefficient (Wildman–Crippen LogP) is 2.21. The minimum atomic E-state index is -1.68. The molecule has 0 bridgehead atoms. The summed E-state index contributed by atoms with van der Waals surface area (Å²) >= 11 is 0. The Morgan fingerprint density at radius 1 is 1.10 bits per heavy atom. The molecule has 2 aliphatic rings. The first kappa shape index (κ1) is 18.7. The summed E-state index contributed by atoms with van der Waals surface area (Å²) in [5, 5.41) is 18.1. The highest BCUT2D eigenvalue weighted by Gasteiger charge is 2.48. The summed E-state index contributed by atoms with van der Waals surface area (Å²) in [4.78, 5) is 27.3. The molecule has 1 amide bonds. The van der Waals surface area contributed by atoms with Crippen molar-refractivity contribution in [1.29, 1.82) is 0 Å². The molecule has 1 aliphatic heterocycles. The van der Waals surface area contributed by atoms with Gasteiger partial charge in [-0.15, -0.1) is 0 Å². The van der Waals surface area contributed by atoms with Crippen molar-refractivity contribution in [1.82, 2.24) is 25.0 Å². The maximum atomic E-state index is 12.3. The lowest BCUT2D eigenvalue weighted by Gasteiger charge is -2.16. The van der Waals surface area contributed by atoms with Crippen LogP contribution in [0.4, 0.5) is 5.95 Å². The Hall–Kier alpha value is -3.33. The highest BCUT2D eigenvalue weighted by atomic mass is 16.5. The third kappa shape index (κ3) is 3.21. The van der Waals surface area contributed by atoms with Gasteiger partial charge in [-0.05, 0) is 38.0 Å². The van der Waals surface area contributed by atoms with Crippen LogP contribution in [0.5, 0.6) is 0 Å². The molecule has 1 saturated heterocycles. The van der Waals surface area contributed by atoms with E-state index in [0.29, 0.717) is 35.3 Å². The molecule has 154 valence electrons. The number of anilines is 1. The van der Waals surface area contributed by atoms with Crippen LogP contribution in [-0.4, -0.2) is 55.2 Å². The second kappa shape index (κ2) is 6.60. The number of likely N-dealkylation sites (N-methyl/N-ethyl adjacent to an activating group) is 1. The molecule has 2 N–H and O–H groups in total. The van der Waals surface area contributed by atoms with Gasteiger partial charge < -0.3 is 19.8 Å². The molecule has 1 aliphatic carbocycles. The minimum absolute atomic E-state index is 0.0804. The zero-order chi connectivity index (χ0) is 20.9. The normalized spacial score (nSPS) is 22.4. The fourth-order valence-corrected chi connectivity index (χ4v) is 3.54. The van der Waals surface area contributed by atoms with E-state index >= 15 is 0 Å². The number of aromatic nitrogens is 4. The van der Waals surface area contributed by atoms with E-state index in [-0.39, 0.29) is 17.7 Å². The lowest BCUT2D eigenvalue weighted by molar-refractivity contribution is -0.144. The third-order valence-electron chi connectivity index (χ3n) is 5.77. The van der Waals surface area contributed by atoms with Crippen molar-refractivity contribution < 1.29 is 14.4 Å². The summed E-state index contributed by atoms with van der Waals surface area (Å²) in [5.74, 6) is 0.317. The quantitative estimate of drug-likeness (QED) is 0.662. The van der Waals surface area contributed by atoms with E-state index in [1.807, 2.05) is 12.1 Å². The van der Waals surface area contributed by atoms with Crippen LogP contribution in [0.25, 0.3) is 22.8 Å². The van der Waals surface area contributed by atoms with Gasteiger partial charge in [-0.3, -0.25) is 4.79 Å². The summed E-state index contributed by atoms with van der Waals surface area (Å²) in [6, 6.07) is 8.88. The fourth-order valence-electron chi connectivity index (χ4n) is 3.54. The maximum Gasteiger partial charge on any atom is 0.262 e. The second-order valence-electron chi connectivity index (χ2n) is 8.27. The second-order valence-corrected chi connectivity index (χ2v) is 8.27. The van der Waals surface area contributed by atoms with Crippen molar-refractivity contribution in [3.63, 3.8) is 0 Å². The maximum absolute atomic E-state index is 12.3. The van der Waals surface area contributed by atoms with E-state index in [1.165, 1.54) is 4.90 Å². The first-order chi connectivity index (χ1) is 14.4. The Morgan fingerprint density at radius 2 is 1.83 bits per heavy atom. The molecule has 1 atom stereocenters. The van der Waals surface area contributed by atoms with Gasteiger partial charge in [0.1, 0.15) is 5.69 Å². The minimum Gasteiger partial charge on any atom is -0.373 e. The topological polar surface area (TPSA) is 117 Å². The molecule has 3 aromatic rings. The number of pyridine rings is 1. The molecule has 30 heavy (non-hydrogen) atoms. The van der Waals surface area contributed by atoms with Crippen LogP contribution in [-0.2, 0) is 10.4 Å². The molecular weight excluding hydrogens is 384 g/mol. The number of nitrogens with zero attached hydrogens (tertiary/aromatic N) is 5. The van der Waals surface area contributed by atoms with Crippen LogP contribution >= 0.6 is 0 Å². The Kier molecular flexibility index (Phi) is 4.11. The van der Waals surface area contributed by atoms with E-state index in [4.69, 9.17) is 4.52 Å². The Labute approximate surface area is 173 Å². The number of hydrogen-bond acceptors (Lipinski definition) is 8. The summed E-state index contributed by atoms with van der Waals surface area (Å²) < 4.78 is 5.33. The van der Waals surface area contributed by atoms with E-state index < -0.39 is 11.5 Å². The van der Waals surface area contributed by atoms with Crippen LogP contribution in [0.2, 0.25) is 0 Å². The van der Waals surface area contributed by atoms with Crippen LogP contribution in [0, 0.1) is 0 Å². The molecular formula is C21H22N6O3. The molecule has 9 nitrogen and oxygen atoms in total. The van der Waals surface area contributed by atoms with Crippen LogP contribution in [0.3, 0.4) is 0 Å². The summed E-state index contributed by atoms with van der Waals surface area (Å²) in [6.45, 7) is 2.60. The van der Waals surface area contributed by atoms with Gasteiger partial charge in [0.2, 0.25) is 11.5 Å². The fraction of sp³-hybridized carbons (Fsp3) is 0.381. The highest BCUT2D eigenvalue weighted by molar-refractivity contribution is 5.87. The van der Waals surface area contributed by atoms with Crippen molar-refractivity contribution in [3.8, 4) is 22.8 Å². The number of hydrogen-bond donors (Lipinski definition) is 2. The zero-order valence-electron chi connectivity index (χ0n) is 16.8. The van der Waals surface area contributed by atoms with E-state index in [9.17, 15) is 9.90 Å². The van der Waals surface area contributed by atoms with Crippen LogP contribution in [0.15, 0.2) is 41.1 Å². The van der Waals surface area contributed by atoms with Gasteiger partial charge in [-0.1, -0.05) is 11.2 Å². The monoisotopic (exact) mass is 406 g/mol. The molecule has 0 unspecified atom stereocenters. The molecule has 3 aromatic heterocycles. The molecule has 1 saturated carbocycles. The van der Waals surface area contributed by atoms with Gasteiger partial charge in [0.15, 0.2) is 5.76 Å². The van der Waals surface area contributed by atoms with E-state index in [0.717, 1.165) is 12.8 Å². The number of carbonyl (C=O) groups is 1. The number of rotatable bonds is 5. The largest absolute Gasteiger partial charge is 0.373 e. The molecule has 0 radical (unpaired) electrons. The average Bonchev–Trinajstić information content (AvgIpc) is 3.16. The Morgan fingerprint density at radius 3 is 2.53 bits per heavy atom. The Bertz CT molecular complexity index is 1130. The van der Waals surface area contributed by atoms with Crippen molar-refractivity contribution in [2.75, 3.05) is 18.9 Å². The van der Waals surface area contributed by atoms with Gasteiger partial charge in [0.25, 0.3) is 5.91 Å². The lowest BCUT2D eigenvalue weighted by Crippen LogP contribution is -2.35. The molecule has 5 rings (SSSR count). The van der Waals surface area contributed by atoms with E-state index in [1.54, 1.807) is 31.4 Å². The van der Waals surface area contributed by atoms with E-state index in [2.05, 4.69) is 32.3 Å². The molecule has 0 spiro atoms. The molecule has 0 aromatic carbocycles. The predicted molar refractivity (Wildman–Crippen MR) is 108 cm³/mol. The van der Waals surface area contributed by atoms with Crippen molar-refractivity contribution in [2.45, 2.75) is 37.3 Å². The SMILES string of the molecule is CN1CC[C@@](O)(c2cc(-c3cccc(-c4ccnc(NC5(C)CC5)n4)n3)no2)C1=O. The number of likely N-dealkylation sites (tertiary alicyclic amines) is 1. The number of aliphatic hydroxyl groups is 1. The number of nitrogens with one attached hydrogen (secondary N) is 1. The molecule has 4 heterocycles. The van der Waals surface area contributed by atoms with Crippen molar-refractivity contribution >= 4 is 11.9 Å². The number of amides is 1. The van der Waals surface area contributed by atoms with Gasteiger partial charge in [-0.25, -0.2) is 15.0 Å². The molecule has 2 fully saturated rings. The summed E-state index contributed by atoms with van der Waals surface area (Å²) in [5.41, 5.74) is 0.765. The van der Waals surface area contributed by atoms with Crippen molar-refractivity contribution in [2.24, 2.45) is 0 Å². The first-order valence-electron chi connectivity index (χ1n) is 9.91. The first-order valence-corrected chi connectivity index (χ1v) is 9.91. The average molecular weight is 406 g/mol. The zero-order valence-corrected chi connectivity index (χ0v) is 16.8.